The van der Waals surface area contributed by atoms with Crippen molar-refractivity contribution in [1.82, 2.24) is 9.97 Å². The van der Waals surface area contributed by atoms with Crippen molar-refractivity contribution >= 4 is 17.5 Å². The lowest BCUT2D eigenvalue weighted by Crippen LogP contribution is -2.27. The zero-order valence-corrected chi connectivity index (χ0v) is 12.9. The number of aliphatic hydroxyl groups is 1. The van der Waals surface area contributed by atoms with Gasteiger partial charge >= 0.3 is 5.69 Å². The molecular weight excluding hydrogens is 274 g/mol. The highest BCUT2D eigenvalue weighted by Crippen LogP contribution is 2.27. The average molecular weight is 297 g/mol. The van der Waals surface area contributed by atoms with Gasteiger partial charge in [0.2, 0.25) is 11.8 Å². The third-order valence-corrected chi connectivity index (χ3v) is 2.94. The van der Waals surface area contributed by atoms with Crippen molar-refractivity contribution < 1.29 is 10.0 Å². The van der Waals surface area contributed by atoms with Crippen molar-refractivity contribution in [3.8, 4) is 0 Å². The summed E-state index contributed by atoms with van der Waals surface area (Å²) in [5.41, 5.74) is -0.229. The van der Waals surface area contributed by atoms with Crippen LogP contribution in [0.25, 0.3) is 0 Å². The number of rotatable bonds is 8. The summed E-state index contributed by atoms with van der Waals surface area (Å²) in [6, 6.07) is 0. The lowest BCUT2D eigenvalue weighted by atomic mass is 9.95. The van der Waals surface area contributed by atoms with Crippen LogP contribution in [0.5, 0.6) is 0 Å². The van der Waals surface area contributed by atoms with E-state index in [0.717, 1.165) is 6.42 Å². The summed E-state index contributed by atoms with van der Waals surface area (Å²) in [5, 5.41) is 26.4. The van der Waals surface area contributed by atoms with Crippen molar-refractivity contribution in [2.24, 2.45) is 5.41 Å². The first kappa shape index (κ1) is 17.1. The molecular formula is C13H23N5O3. The van der Waals surface area contributed by atoms with E-state index < -0.39 is 10.3 Å². The molecule has 0 aliphatic rings. The number of hydrogen-bond acceptors (Lipinski definition) is 7. The Morgan fingerprint density at radius 1 is 1.33 bits per heavy atom. The van der Waals surface area contributed by atoms with E-state index in [9.17, 15) is 15.2 Å². The second-order valence-corrected chi connectivity index (χ2v) is 5.69. The van der Waals surface area contributed by atoms with E-state index >= 15 is 0 Å². The maximum absolute atomic E-state index is 11.2. The summed E-state index contributed by atoms with van der Waals surface area (Å²) >= 11 is 0. The fourth-order valence-electron chi connectivity index (χ4n) is 1.60. The number of hydrogen-bond donors (Lipinski definition) is 3. The Hall–Kier alpha value is -1.96. The molecule has 0 radical (unpaired) electrons. The van der Waals surface area contributed by atoms with E-state index in [4.69, 9.17) is 0 Å². The number of anilines is 2. The summed E-state index contributed by atoms with van der Waals surface area (Å²) < 4.78 is 0. The van der Waals surface area contributed by atoms with Gasteiger partial charge in [-0.25, -0.2) is 4.98 Å². The minimum atomic E-state index is -0.493. The van der Waals surface area contributed by atoms with Crippen molar-refractivity contribution in [2.45, 2.75) is 34.1 Å². The molecule has 21 heavy (non-hydrogen) atoms. The SMILES string of the molecule is CCCNc1nc(C)c([N+](=O)[O-])c(NCC(C)(C)CO)n1. The molecule has 0 aromatic carbocycles. The molecule has 8 nitrogen and oxygen atoms in total. The fourth-order valence-corrected chi connectivity index (χ4v) is 1.60. The molecule has 8 heteroatoms. The van der Waals surface area contributed by atoms with Gasteiger partial charge in [0, 0.05) is 25.1 Å². The minimum absolute atomic E-state index is 0.0290. The van der Waals surface area contributed by atoms with Gasteiger partial charge < -0.3 is 15.7 Å². The first-order valence-corrected chi connectivity index (χ1v) is 6.92. The van der Waals surface area contributed by atoms with Crippen LogP contribution in [-0.4, -0.2) is 39.7 Å². The highest BCUT2D eigenvalue weighted by atomic mass is 16.6. The highest BCUT2D eigenvalue weighted by Gasteiger charge is 2.24. The fraction of sp³-hybridized carbons (Fsp3) is 0.692. The average Bonchev–Trinajstić information content (AvgIpc) is 2.42. The smallest absolute Gasteiger partial charge is 0.332 e. The second-order valence-electron chi connectivity index (χ2n) is 5.69. The topological polar surface area (TPSA) is 113 Å². The van der Waals surface area contributed by atoms with Gasteiger partial charge in [0.25, 0.3) is 0 Å². The summed E-state index contributed by atoms with van der Waals surface area (Å²) in [6.07, 6.45) is 0.902. The molecule has 0 aliphatic carbocycles. The summed E-state index contributed by atoms with van der Waals surface area (Å²) in [6.45, 7) is 8.34. The van der Waals surface area contributed by atoms with Crippen LogP contribution in [0.2, 0.25) is 0 Å². The molecule has 1 rings (SSSR count). The summed E-state index contributed by atoms with van der Waals surface area (Å²) in [7, 11) is 0. The van der Waals surface area contributed by atoms with E-state index in [-0.39, 0.29) is 18.1 Å². The van der Waals surface area contributed by atoms with Crippen LogP contribution in [0.4, 0.5) is 17.5 Å². The molecule has 0 atom stereocenters. The number of aliphatic hydroxyl groups excluding tert-OH is 1. The first-order valence-electron chi connectivity index (χ1n) is 6.92. The number of nitro groups is 1. The van der Waals surface area contributed by atoms with E-state index in [1.54, 1.807) is 6.92 Å². The molecule has 0 spiro atoms. The van der Waals surface area contributed by atoms with Gasteiger partial charge in [0.05, 0.1) is 4.92 Å². The Bertz CT molecular complexity index is 505. The van der Waals surface area contributed by atoms with Crippen molar-refractivity contribution in [3.63, 3.8) is 0 Å². The molecule has 3 N–H and O–H groups in total. The predicted molar refractivity (Wildman–Crippen MR) is 81.6 cm³/mol. The van der Waals surface area contributed by atoms with E-state index in [1.165, 1.54) is 0 Å². The molecule has 0 fully saturated rings. The molecule has 1 heterocycles. The van der Waals surface area contributed by atoms with Gasteiger partial charge in [0.15, 0.2) is 0 Å². The maximum atomic E-state index is 11.2. The third kappa shape index (κ3) is 4.82. The monoisotopic (exact) mass is 297 g/mol. The number of nitrogens with one attached hydrogen (secondary N) is 2. The van der Waals surface area contributed by atoms with Gasteiger partial charge in [-0.05, 0) is 13.3 Å². The standard InChI is InChI=1S/C13H23N5O3/c1-5-6-14-12-16-9(2)10(18(20)21)11(17-12)15-7-13(3,4)8-19/h19H,5-8H2,1-4H3,(H2,14,15,16,17). The Labute approximate surface area is 124 Å². The minimum Gasteiger partial charge on any atom is -0.396 e. The molecule has 118 valence electrons. The Morgan fingerprint density at radius 3 is 2.52 bits per heavy atom. The van der Waals surface area contributed by atoms with Gasteiger partial charge in [-0.2, -0.15) is 4.98 Å². The molecule has 1 aromatic heterocycles. The van der Waals surface area contributed by atoms with Crippen LogP contribution in [0.1, 0.15) is 32.9 Å². The molecule has 0 saturated heterocycles. The predicted octanol–water partition coefficient (Wildman–Crippen LogP) is 1.95. The lowest BCUT2D eigenvalue weighted by Gasteiger charge is -2.22. The zero-order valence-electron chi connectivity index (χ0n) is 12.9. The molecule has 0 bridgehead atoms. The molecule has 0 amide bonds. The van der Waals surface area contributed by atoms with Crippen LogP contribution in [0.3, 0.4) is 0 Å². The Kier molecular flexibility index (Phi) is 5.83. The van der Waals surface area contributed by atoms with Crippen LogP contribution in [0, 0.1) is 22.5 Å². The highest BCUT2D eigenvalue weighted by molar-refractivity contribution is 5.60. The maximum Gasteiger partial charge on any atom is 0.332 e. The largest absolute Gasteiger partial charge is 0.396 e. The Morgan fingerprint density at radius 2 is 2.00 bits per heavy atom. The van der Waals surface area contributed by atoms with Gasteiger partial charge in [-0.1, -0.05) is 20.8 Å². The number of nitrogens with zero attached hydrogens (tertiary/aromatic N) is 3. The molecule has 0 aliphatic heterocycles. The number of aromatic nitrogens is 2. The van der Waals surface area contributed by atoms with E-state index in [0.29, 0.717) is 24.7 Å². The summed E-state index contributed by atoms with van der Waals surface area (Å²) in [5.74, 6) is 0.539. The third-order valence-electron chi connectivity index (χ3n) is 2.94. The normalized spacial score (nSPS) is 11.3. The quantitative estimate of drug-likeness (QED) is 0.496. The van der Waals surface area contributed by atoms with Crippen LogP contribution >= 0.6 is 0 Å². The Balaban J connectivity index is 3.07. The van der Waals surface area contributed by atoms with Gasteiger partial charge in [-0.3, -0.25) is 10.1 Å². The van der Waals surface area contributed by atoms with Crippen molar-refractivity contribution in [1.29, 1.82) is 0 Å². The van der Waals surface area contributed by atoms with Crippen LogP contribution < -0.4 is 10.6 Å². The van der Waals surface area contributed by atoms with E-state index in [1.807, 2.05) is 20.8 Å². The molecule has 0 unspecified atom stereocenters. The van der Waals surface area contributed by atoms with Crippen LogP contribution in [0.15, 0.2) is 0 Å². The summed E-state index contributed by atoms with van der Waals surface area (Å²) in [4.78, 5) is 19.0. The zero-order chi connectivity index (χ0) is 16.0. The molecule has 0 saturated carbocycles. The lowest BCUT2D eigenvalue weighted by molar-refractivity contribution is -0.385. The van der Waals surface area contributed by atoms with Gasteiger partial charge in [0.1, 0.15) is 5.69 Å². The van der Waals surface area contributed by atoms with Gasteiger partial charge in [-0.15, -0.1) is 0 Å². The van der Waals surface area contributed by atoms with Crippen molar-refractivity contribution in [3.05, 3.63) is 15.8 Å². The first-order chi connectivity index (χ1) is 9.80. The number of aryl methyl sites for hydroxylation is 1. The second kappa shape index (κ2) is 7.16. The molecule has 1 aromatic rings. The van der Waals surface area contributed by atoms with E-state index in [2.05, 4.69) is 20.6 Å². The van der Waals surface area contributed by atoms with Crippen LogP contribution in [-0.2, 0) is 0 Å². The van der Waals surface area contributed by atoms with Crippen molar-refractivity contribution in [2.75, 3.05) is 30.3 Å².